The normalized spacial score (nSPS) is 17.7. The van der Waals surface area contributed by atoms with Crippen molar-refractivity contribution < 1.29 is 47.5 Å². The predicted molar refractivity (Wildman–Crippen MR) is 122 cm³/mol. The lowest BCUT2D eigenvalue weighted by Gasteiger charge is -2.26. The highest BCUT2D eigenvalue weighted by Gasteiger charge is 2.36. The summed E-state index contributed by atoms with van der Waals surface area (Å²) >= 11 is 0. The third-order valence-corrected chi connectivity index (χ3v) is 8.86. The Labute approximate surface area is 192 Å². The molecule has 0 aliphatic rings. The molecule has 194 valence electrons. The van der Waals surface area contributed by atoms with Crippen molar-refractivity contribution in [3.8, 4) is 0 Å². The summed E-state index contributed by atoms with van der Waals surface area (Å²) in [5.74, 6) is 0. The van der Waals surface area contributed by atoms with Crippen molar-refractivity contribution in [3.63, 3.8) is 0 Å². The van der Waals surface area contributed by atoms with Crippen molar-refractivity contribution in [1.29, 1.82) is 0 Å². The van der Waals surface area contributed by atoms with E-state index in [0.717, 1.165) is 0 Å². The van der Waals surface area contributed by atoms with Gasteiger partial charge < -0.3 is 38.4 Å². The molecule has 11 nitrogen and oxygen atoms in total. The van der Waals surface area contributed by atoms with E-state index < -0.39 is 31.5 Å². The zero-order chi connectivity index (χ0) is 24.9. The smallest absolute Gasteiger partial charge is 0.333 e. The molecule has 0 heterocycles. The van der Waals surface area contributed by atoms with Crippen molar-refractivity contribution in [3.05, 3.63) is 0 Å². The van der Waals surface area contributed by atoms with Crippen molar-refractivity contribution >= 4 is 15.1 Å². The van der Waals surface area contributed by atoms with Crippen LogP contribution >= 0.6 is 15.1 Å². The van der Waals surface area contributed by atoms with Crippen LogP contribution in [-0.4, -0.2) is 97.3 Å². The van der Waals surface area contributed by atoms with E-state index in [-0.39, 0.29) is 26.4 Å². The predicted octanol–water partition coefficient (Wildman–Crippen LogP) is 1.99. The van der Waals surface area contributed by atoms with Gasteiger partial charge in [-0.3, -0.25) is 9.13 Å². The third-order valence-electron chi connectivity index (χ3n) is 4.20. The summed E-state index contributed by atoms with van der Waals surface area (Å²) in [6.45, 7) is 12.2. The van der Waals surface area contributed by atoms with Gasteiger partial charge in [0, 0.05) is 6.54 Å². The van der Waals surface area contributed by atoms with Crippen molar-refractivity contribution in [2.45, 2.75) is 58.0 Å². The Kier molecular flexibility index (Phi) is 15.2. The number of rotatable bonds is 18. The molecule has 32 heavy (non-hydrogen) atoms. The van der Waals surface area contributed by atoms with E-state index in [4.69, 9.17) is 23.5 Å². The molecule has 0 aliphatic carbocycles. The van der Waals surface area contributed by atoms with E-state index >= 15 is 0 Å². The van der Waals surface area contributed by atoms with Gasteiger partial charge in [0.25, 0.3) is 7.52 Å². The minimum Gasteiger partial charge on any atom is -0.388 e. The first kappa shape index (κ1) is 32.1. The van der Waals surface area contributed by atoms with E-state index in [0.29, 0.717) is 39.6 Å². The Hall–Kier alpha value is 0.1000. The van der Waals surface area contributed by atoms with Crippen LogP contribution in [0.15, 0.2) is 0 Å². The topological polar surface area (TPSA) is 153 Å². The van der Waals surface area contributed by atoms with Gasteiger partial charge in [-0.2, -0.15) is 0 Å². The van der Waals surface area contributed by atoms with Crippen LogP contribution in [0.3, 0.4) is 0 Å². The van der Waals surface area contributed by atoms with Gasteiger partial charge >= 0.3 is 7.60 Å². The maximum absolute atomic E-state index is 12.0. The first-order valence-corrected chi connectivity index (χ1v) is 13.9. The SMILES string of the molecule is CC(C)(C)P(=O)(O)NCCOCCOCCOCCOCC(O)COP(=O)(O)C(C)(C)C. The van der Waals surface area contributed by atoms with Crippen LogP contribution in [0.25, 0.3) is 0 Å². The molecule has 0 aromatic carbocycles. The molecule has 0 aromatic rings. The number of aliphatic hydroxyl groups is 1. The number of ether oxygens (including phenoxy) is 4. The average Bonchev–Trinajstić information content (AvgIpc) is 2.64. The molecule has 0 rings (SSSR count). The molecule has 0 aromatic heterocycles. The van der Waals surface area contributed by atoms with Crippen LogP contribution in [0.1, 0.15) is 41.5 Å². The monoisotopic (exact) mass is 507 g/mol. The van der Waals surface area contributed by atoms with Crippen LogP contribution in [0.5, 0.6) is 0 Å². The molecular formula is C19H43NO10P2. The molecule has 0 saturated heterocycles. The van der Waals surface area contributed by atoms with Crippen molar-refractivity contribution in [1.82, 2.24) is 5.09 Å². The highest BCUT2D eigenvalue weighted by Crippen LogP contribution is 2.54. The standard InChI is InChI=1S/C19H43NO10P2/c1-18(2,3)31(22,23)20-7-8-26-9-10-27-11-12-28-13-14-29-15-17(21)16-30-32(24,25)19(4,5)6/h17,21H,7-16H2,1-6H3,(H,24,25)(H2,20,22,23). The van der Waals surface area contributed by atoms with Gasteiger partial charge in [-0.05, 0) is 41.5 Å². The zero-order valence-electron chi connectivity index (χ0n) is 20.2. The Morgan fingerprint density at radius 2 is 1.16 bits per heavy atom. The number of hydrogen-bond acceptors (Lipinski definition) is 8. The highest BCUT2D eigenvalue weighted by molar-refractivity contribution is 7.57. The molecule has 0 fully saturated rings. The first-order chi connectivity index (χ1) is 14.6. The minimum absolute atomic E-state index is 0.0301. The molecule has 0 amide bonds. The second kappa shape index (κ2) is 15.2. The van der Waals surface area contributed by atoms with E-state index in [1.54, 1.807) is 41.5 Å². The number of aliphatic hydroxyl groups excluding tert-OH is 1. The summed E-state index contributed by atoms with van der Waals surface area (Å²) in [6.07, 6.45) is -1.01. The molecule has 3 atom stereocenters. The van der Waals surface area contributed by atoms with Gasteiger partial charge in [0.15, 0.2) is 0 Å². The molecule has 0 radical (unpaired) electrons. The van der Waals surface area contributed by atoms with Gasteiger partial charge in [0.1, 0.15) is 6.10 Å². The second-order valence-corrected chi connectivity index (χ2v) is 14.7. The van der Waals surface area contributed by atoms with Gasteiger partial charge in [-0.25, -0.2) is 5.09 Å². The van der Waals surface area contributed by atoms with E-state index in [9.17, 15) is 24.0 Å². The van der Waals surface area contributed by atoms with Gasteiger partial charge in [0.05, 0.1) is 69.8 Å². The molecular weight excluding hydrogens is 464 g/mol. The lowest BCUT2D eigenvalue weighted by Crippen LogP contribution is -2.28. The summed E-state index contributed by atoms with van der Waals surface area (Å²) < 4.78 is 50.1. The van der Waals surface area contributed by atoms with E-state index in [1.807, 2.05) is 0 Å². The average molecular weight is 507 g/mol. The fourth-order valence-corrected chi connectivity index (χ4v) is 3.44. The summed E-state index contributed by atoms with van der Waals surface area (Å²) in [7, 11) is -7.21. The minimum atomic E-state index is -3.80. The molecule has 0 spiro atoms. The number of hydrogen-bond donors (Lipinski definition) is 4. The van der Waals surface area contributed by atoms with Crippen molar-refractivity contribution in [2.75, 3.05) is 66.0 Å². The van der Waals surface area contributed by atoms with Gasteiger partial charge in [0.2, 0.25) is 0 Å². The molecule has 0 saturated carbocycles. The Bertz CT molecular complexity index is 592. The third kappa shape index (κ3) is 14.4. The Morgan fingerprint density at radius 1 is 0.719 bits per heavy atom. The molecule has 0 bridgehead atoms. The summed E-state index contributed by atoms with van der Waals surface area (Å²) in [4.78, 5) is 19.6. The zero-order valence-corrected chi connectivity index (χ0v) is 22.0. The summed E-state index contributed by atoms with van der Waals surface area (Å²) in [5.41, 5.74) is 0. The van der Waals surface area contributed by atoms with Crippen LogP contribution < -0.4 is 5.09 Å². The summed E-state index contributed by atoms with van der Waals surface area (Å²) in [6, 6.07) is 0. The van der Waals surface area contributed by atoms with Crippen LogP contribution in [0.2, 0.25) is 0 Å². The van der Waals surface area contributed by atoms with Crippen LogP contribution in [0.4, 0.5) is 0 Å². The fourth-order valence-electron chi connectivity index (χ4n) is 1.81. The Morgan fingerprint density at radius 3 is 1.59 bits per heavy atom. The summed E-state index contributed by atoms with van der Waals surface area (Å²) in [5, 5.41) is 10.7. The van der Waals surface area contributed by atoms with E-state index in [2.05, 4.69) is 5.09 Å². The lowest BCUT2D eigenvalue weighted by molar-refractivity contribution is -0.0252. The van der Waals surface area contributed by atoms with Gasteiger partial charge in [-0.1, -0.05) is 0 Å². The maximum Gasteiger partial charge on any atom is 0.333 e. The largest absolute Gasteiger partial charge is 0.388 e. The molecule has 0 aliphatic heterocycles. The lowest BCUT2D eigenvalue weighted by atomic mass is 10.3. The molecule has 13 heteroatoms. The highest BCUT2D eigenvalue weighted by atomic mass is 31.2. The Balaban J connectivity index is 3.50. The number of nitrogens with one attached hydrogen (secondary N) is 1. The maximum atomic E-state index is 12.0. The van der Waals surface area contributed by atoms with E-state index in [1.165, 1.54) is 0 Å². The van der Waals surface area contributed by atoms with Gasteiger partial charge in [-0.15, -0.1) is 0 Å². The van der Waals surface area contributed by atoms with Crippen LogP contribution in [-0.2, 0) is 32.6 Å². The van der Waals surface area contributed by atoms with Crippen LogP contribution in [0, 0.1) is 0 Å². The quantitative estimate of drug-likeness (QED) is 0.159. The van der Waals surface area contributed by atoms with Crippen molar-refractivity contribution in [2.24, 2.45) is 0 Å². The molecule has 4 N–H and O–H groups in total. The second-order valence-electron chi connectivity index (χ2n) is 9.21. The molecule has 3 unspecified atom stereocenters. The fraction of sp³-hybridized carbons (Fsp3) is 1.00. The first-order valence-electron chi connectivity index (χ1n) is 10.6.